The van der Waals surface area contributed by atoms with Crippen LogP contribution in [0, 0.1) is 0 Å². The van der Waals surface area contributed by atoms with Crippen molar-refractivity contribution in [1.82, 2.24) is 9.88 Å². The Bertz CT molecular complexity index is 619. The summed E-state index contributed by atoms with van der Waals surface area (Å²) in [7, 11) is 1.81. The molecule has 3 rings (SSSR count). The number of rotatable bonds is 3. The molecule has 0 saturated carbocycles. The fraction of sp³-hybridized carbons (Fsp3) is 0.294. The van der Waals surface area contributed by atoms with E-state index in [1.807, 2.05) is 42.3 Å². The van der Waals surface area contributed by atoms with Crippen LogP contribution in [0.1, 0.15) is 10.4 Å². The first-order valence-corrected chi connectivity index (χ1v) is 7.51. The number of hydrogen-bond donors (Lipinski definition) is 1. The van der Waals surface area contributed by atoms with Crippen molar-refractivity contribution in [2.45, 2.75) is 0 Å². The van der Waals surface area contributed by atoms with Gasteiger partial charge in [-0.25, -0.2) is 4.98 Å². The van der Waals surface area contributed by atoms with Gasteiger partial charge in [0, 0.05) is 45.1 Å². The summed E-state index contributed by atoms with van der Waals surface area (Å²) < 4.78 is 0. The quantitative estimate of drug-likeness (QED) is 0.942. The van der Waals surface area contributed by atoms with E-state index >= 15 is 0 Å². The Labute approximate surface area is 130 Å². The van der Waals surface area contributed by atoms with Crippen LogP contribution in [0.25, 0.3) is 0 Å². The molecule has 0 atom stereocenters. The predicted octanol–water partition coefficient (Wildman–Crippen LogP) is 2.09. The second-order valence-electron chi connectivity index (χ2n) is 5.30. The van der Waals surface area contributed by atoms with Crippen molar-refractivity contribution in [2.75, 3.05) is 43.4 Å². The Morgan fingerprint density at radius 2 is 1.77 bits per heavy atom. The molecule has 5 nitrogen and oxygen atoms in total. The van der Waals surface area contributed by atoms with Crippen molar-refractivity contribution in [3.63, 3.8) is 0 Å². The minimum absolute atomic E-state index is 0.0582. The molecule has 1 aromatic carbocycles. The molecular formula is C17H20N4O. The van der Waals surface area contributed by atoms with Gasteiger partial charge in [-0.3, -0.25) is 4.79 Å². The third kappa shape index (κ3) is 3.03. The number of hydrogen-bond acceptors (Lipinski definition) is 4. The van der Waals surface area contributed by atoms with Gasteiger partial charge in [-0.2, -0.15) is 0 Å². The molecule has 22 heavy (non-hydrogen) atoms. The lowest BCUT2D eigenvalue weighted by molar-refractivity contribution is 0.0746. The Kier molecular flexibility index (Phi) is 4.23. The van der Waals surface area contributed by atoms with Crippen LogP contribution >= 0.6 is 0 Å². The van der Waals surface area contributed by atoms with Gasteiger partial charge in [0.15, 0.2) is 0 Å². The number of amides is 1. The van der Waals surface area contributed by atoms with E-state index in [1.54, 1.807) is 6.20 Å². The smallest absolute Gasteiger partial charge is 0.255 e. The minimum Gasteiger partial charge on any atom is -0.373 e. The number of nitrogens with one attached hydrogen (secondary N) is 1. The standard InChI is InChI=1S/C17H20N4O/c1-18-16-8-7-14(13-19-16)17(22)21-11-9-20(10-12-21)15-5-3-2-4-6-15/h2-8,13H,9-12H2,1H3,(H,18,19). The average Bonchev–Trinajstić information content (AvgIpc) is 2.62. The summed E-state index contributed by atoms with van der Waals surface area (Å²) in [5.41, 5.74) is 1.86. The lowest BCUT2D eigenvalue weighted by atomic mass is 10.2. The average molecular weight is 296 g/mol. The lowest BCUT2D eigenvalue weighted by Gasteiger charge is -2.36. The normalized spacial score (nSPS) is 14.8. The first-order chi connectivity index (χ1) is 10.8. The van der Waals surface area contributed by atoms with E-state index in [4.69, 9.17) is 0 Å². The SMILES string of the molecule is CNc1ccc(C(=O)N2CCN(c3ccccc3)CC2)cn1. The molecule has 1 aromatic heterocycles. The summed E-state index contributed by atoms with van der Waals surface area (Å²) in [5.74, 6) is 0.827. The molecule has 1 N–H and O–H groups in total. The van der Waals surface area contributed by atoms with Crippen LogP contribution in [0.4, 0.5) is 11.5 Å². The Morgan fingerprint density at radius 1 is 1.05 bits per heavy atom. The number of nitrogens with zero attached hydrogens (tertiary/aromatic N) is 3. The molecule has 1 saturated heterocycles. The van der Waals surface area contributed by atoms with Crippen molar-refractivity contribution in [3.05, 3.63) is 54.2 Å². The van der Waals surface area contributed by atoms with E-state index in [9.17, 15) is 4.79 Å². The molecule has 0 aliphatic carbocycles. The summed E-state index contributed by atoms with van der Waals surface area (Å²) in [4.78, 5) is 20.9. The third-order valence-electron chi connectivity index (χ3n) is 3.95. The van der Waals surface area contributed by atoms with Crippen LogP contribution in [0.2, 0.25) is 0 Å². The third-order valence-corrected chi connectivity index (χ3v) is 3.95. The van der Waals surface area contributed by atoms with Gasteiger partial charge >= 0.3 is 0 Å². The Balaban J connectivity index is 1.62. The van der Waals surface area contributed by atoms with Crippen LogP contribution in [0.15, 0.2) is 48.7 Å². The zero-order chi connectivity index (χ0) is 15.4. The molecule has 1 aliphatic rings. The first-order valence-electron chi connectivity index (χ1n) is 7.51. The number of benzene rings is 1. The topological polar surface area (TPSA) is 48.5 Å². The number of pyridine rings is 1. The van der Waals surface area contributed by atoms with Crippen molar-refractivity contribution in [1.29, 1.82) is 0 Å². The van der Waals surface area contributed by atoms with Crippen molar-refractivity contribution in [3.8, 4) is 0 Å². The molecule has 114 valence electrons. The van der Waals surface area contributed by atoms with Crippen molar-refractivity contribution in [2.24, 2.45) is 0 Å². The highest BCUT2D eigenvalue weighted by Gasteiger charge is 2.22. The van der Waals surface area contributed by atoms with E-state index in [0.29, 0.717) is 5.56 Å². The molecule has 1 aliphatic heterocycles. The summed E-state index contributed by atoms with van der Waals surface area (Å²) in [5, 5.41) is 2.95. The summed E-state index contributed by atoms with van der Waals surface area (Å²) in [6, 6.07) is 14.0. The van der Waals surface area contributed by atoms with Crippen LogP contribution in [-0.4, -0.2) is 49.0 Å². The zero-order valence-electron chi connectivity index (χ0n) is 12.7. The molecule has 0 radical (unpaired) electrons. The fourth-order valence-electron chi connectivity index (χ4n) is 2.66. The number of para-hydroxylation sites is 1. The molecule has 1 amide bonds. The summed E-state index contributed by atoms with van der Waals surface area (Å²) >= 11 is 0. The predicted molar refractivity (Wildman–Crippen MR) is 88.3 cm³/mol. The maximum absolute atomic E-state index is 12.5. The number of aromatic nitrogens is 1. The summed E-state index contributed by atoms with van der Waals surface area (Å²) in [6.07, 6.45) is 1.64. The van der Waals surface area contributed by atoms with Gasteiger partial charge in [0.1, 0.15) is 5.82 Å². The Hall–Kier alpha value is -2.56. The van der Waals surface area contributed by atoms with Gasteiger partial charge in [0.25, 0.3) is 5.91 Å². The maximum Gasteiger partial charge on any atom is 0.255 e. The maximum atomic E-state index is 12.5. The minimum atomic E-state index is 0.0582. The Morgan fingerprint density at radius 3 is 2.36 bits per heavy atom. The second-order valence-corrected chi connectivity index (χ2v) is 5.30. The number of piperazine rings is 1. The molecule has 0 bridgehead atoms. The van der Waals surface area contributed by atoms with Gasteiger partial charge < -0.3 is 15.1 Å². The molecule has 0 spiro atoms. The number of anilines is 2. The van der Waals surface area contributed by atoms with Gasteiger partial charge in [0.05, 0.1) is 5.56 Å². The van der Waals surface area contributed by atoms with Crippen LogP contribution < -0.4 is 10.2 Å². The molecule has 2 heterocycles. The van der Waals surface area contributed by atoms with Gasteiger partial charge in [-0.15, -0.1) is 0 Å². The van der Waals surface area contributed by atoms with Gasteiger partial charge in [-0.1, -0.05) is 18.2 Å². The van der Waals surface area contributed by atoms with Crippen LogP contribution in [-0.2, 0) is 0 Å². The van der Waals surface area contributed by atoms with E-state index in [2.05, 4.69) is 27.3 Å². The van der Waals surface area contributed by atoms with Crippen molar-refractivity contribution >= 4 is 17.4 Å². The fourth-order valence-corrected chi connectivity index (χ4v) is 2.66. The van der Waals surface area contributed by atoms with E-state index in [0.717, 1.165) is 32.0 Å². The monoisotopic (exact) mass is 296 g/mol. The molecule has 5 heteroatoms. The highest BCUT2D eigenvalue weighted by atomic mass is 16.2. The van der Waals surface area contributed by atoms with E-state index in [1.165, 1.54) is 5.69 Å². The first kappa shape index (κ1) is 14.4. The second kappa shape index (κ2) is 6.47. The molecule has 0 unspecified atom stereocenters. The molecular weight excluding hydrogens is 276 g/mol. The zero-order valence-corrected chi connectivity index (χ0v) is 12.7. The van der Waals surface area contributed by atoms with Crippen molar-refractivity contribution < 1.29 is 4.79 Å². The van der Waals surface area contributed by atoms with E-state index in [-0.39, 0.29) is 5.91 Å². The van der Waals surface area contributed by atoms with Gasteiger partial charge in [0.2, 0.25) is 0 Å². The van der Waals surface area contributed by atoms with Crippen LogP contribution in [0.3, 0.4) is 0 Å². The summed E-state index contributed by atoms with van der Waals surface area (Å²) in [6.45, 7) is 3.19. The largest absolute Gasteiger partial charge is 0.373 e. The molecule has 2 aromatic rings. The van der Waals surface area contributed by atoms with Crippen LogP contribution in [0.5, 0.6) is 0 Å². The number of carbonyl (C=O) groups is 1. The van der Waals surface area contributed by atoms with E-state index < -0.39 is 0 Å². The van der Waals surface area contributed by atoms with Gasteiger partial charge in [-0.05, 0) is 24.3 Å². The molecule has 1 fully saturated rings. The number of carbonyl (C=O) groups excluding carboxylic acids is 1. The lowest BCUT2D eigenvalue weighted by Crippen LogP contribution is -2.48. The highest BCUT2D eigenvalue weighted by Crippen LogP contribution is 2.17. The highest BCUT2D eigenvalue weighted by molar-refractivity contribution is 5.94.